The monoisotopic (exact) mass is 293 g/mol. The molecule has 0 aromatic heterocycles. The van der Waals surface area contributed by atoms with Gasteiger partial charge in [-0.1, -0.05) is 25.3 Å². The van der Waals surface area contributed by atoms with Gasteiger partial charge in [0.05, 0.1) is 26.2 Å². The number of rotatable bonds is 6. The average Bonchev–Trinajstić information content (AvgIpc) is 2.54. The maximum atomic E-state index is 12.3. The Morgan fingerprint density at radius 2 is 1.81 bits per heavy atom. The van der Waals surface area contributed by atoms with Crippen LogP contribution in [-0.2, 0) is 19.1 Å². The molecule has 0 saturated heterocycles. The molecule has 21 heavy (non-hydrogen) atoms. The Balaban J connectivity index is 3.29. The van der Waals surface area contributed by atoms with Crippen LogP contribution in [0.5, 0.6) is 0 Å². The van der Waals surface area contributed by atoms with Crippen molar-refractivity contribution >= 4 is 11.9 Å². The van der Waals surface area contributed by atoms with E-state index in [0.717, 1.165) is 32.1 Å². The Hall–Kier alpha value is -1.83. The van der Waals surface area contributed by atoms with Crippen molar-refractivity contribution in [2.45, 2.75) is 38.5 Å². The highest BCUT2D eigenvalue weighted by atomic mass is 16.5. The fourth-order valence-corrected chi connectivity index (χ4v) is 3.31. The van der Waals surface area contributed by atoms with Crippen LogP contribution in [-0.4, -0.2) is 26.2 Å². The average molecular weight is 293 g/mol. The van der Waals surface area contributed by atoms with Crippen LogP contribution in [0.1, 0.15) is 38.5 Å². The minimum Gasteiger partial charge on any atom is -0.468 e. The lowest BCUT2D eigenvalue weighted by Crippen LogP contribution is -2.49. The molecule has 1 aliphatic carbocycles. The smallest absolute Gasteiger partial charge is 0.324 e. The molecule has 0 aromatic carbocycles. The van der Waals surface area contributed by atoms with Crippen LogP contribution in [0.3, 0.4) is 0 Å². The van der Waals surface area contributed by atoms with Crippen LogP contribution < -0.4 is 0 Å². The summed E-state index contributed by atoms with van der Waals surface area (Å²) in [6.45, 7) is 3.62. The summed E-state index contributed by atoms with van der Waals surface area (Å²) >= 11 is 0. The van der Waals surface area contributed by atoms with Gasteiger partial charge in [-0.15, -0.1) is 6.58 Å². The molecule has 5 heteroatoms. The van der Waals surface area contributed by atoms with Crippen molar-refractivity contribution in [3.05, 3.63) is 12.7 Å². The molecule has 0 N–H and O–H groups in total. The first-order chi connectivity index (χ1) is 10.1. The van der Waals surface area contributed by atoms with E-state index in [2.05, 4.69) is 12.6 Å². The number of nitriles is 1. The first kappa shape index (κ1) is 17.2. The van der Waals surface area contributed by atoms with E-state index in [1.165, 1.54) is 20.3 Å². The minimum absolute atomic E-state index is 0.00176. The fraction of sp³-hybridized carbons (Fsp3) is 0.688. The molecular formula is C16H23NO4. The number of ether oxygens (including phenoxy) is 2. The molecule has 0 spiro atoms. The Morgan fingerprint density at radius 3 is 2.19 bits per heavy atom. The molecule has 1 rings (SSSR count). The van der Waals surface area contributed by atoms with Crippen LogP contribution in [0, 0.1) is 28.6 Å². The first-order valence-electron chi connectivity index (χ1n) is 7.25. The number of carbonyl (C=O) groups excluding carboxylic acids is 2. The van der Waals surface area contributed by atoms with Crippen LogP contribution in [0.25, 0.3) is 0 Å². The third kappa shape index (κ3) is 3.26. The lowest BCUT2D eigenvalue weighted by atomic mass is 9.64. The van der Waals surface area contributed by atoms with Gasteiger partial charge in [-0.05, 0) is 25.2 Å². The van der Waals surface area contributed by atoms with E-state index in [0.29, 0.717) is 0 Å². The summed E-state index contributed by atoms with van der Waals surface area (Å²) in [4.78, 5) is 24.7. The number of esters is 2. The summed E-state index contributed by atoms with van der Waals surface area (Å²) < 4.78 is 9.65. The first-order valence-corrected chi connectivity index (χ1v) is 7.25. The van der Waals surface area contributed by atoms with Crippen molar-refractivity contribution in [3.8, 4) is 6.07 Å². The zero-order chi connectivity index (χ0) is 15.9. The molecule has 0 aliphatic heterocycles. The number of carbonyl (C=O) groups is 2. The molecule has 0 radical (unpaired) electrons. The van der Waals surface area contributed by atoms with Gasteiger partial charge in [0.1, 0.15) is 0 Å². The Labute approximate surface area is 125 Å². The molecular weight excluding hydrogens is 270 g/mol. The zero-order valence-electron chi connectivity index (χ0n) is 12.8. The largest absolute Gasteiger partial charge is 0.468 e. The second-order valence-corrected chi connectivity index (χ2v) is 5.45. The Kier molecular flexibility index (Phi) is 6.41. The summed E-state index contributed by atoms with van der Waals surface area (Å²) in [5.74, 6) is -2.18. The molecule has 0 amide bonds. The molecule has 0 bridgehead atoms. The third-order valence-corrected chi connectivity index (χ3v) is 4.36. The van der Waals surface area contributed by atoms with Gasteiger partial charge in [0.15, 0.2) is 5.41 Å². The molecule has 1 fully saturated rings. The SMILES string of the molecule is C=CCC(C(=O)OC)(C(=O)OC)C(C#N)C1CCCCC1. The Morgan fingerprint density at radius 1 is 1.29 bits per heavy atom. The number of hydrogen-bond acceptors (Lipinski definition) is 5. The van der Waals surface area contributed by atoms with E-state index in [1.54, 1.807) is 0 Å². The highest BCUT2D eigenvalue weighted by Crippen LogP contribution is 2.44. The lowest BCUT2D eigenvalue weighted by molar-refractivity contribution is -0.174. The van der Waals surface area contributed by atoms with Gasteiger partial charge < -0.3 is 9.47 Å². The van der Waals surface area contributed by atoms with Gasteiger partial charge in [-0.2, -0.15) is 5.26 Å². The number of methoxy groups -OCH3 is 2. The third-order valence-electron chi connectivity index (χ3n) is 4.36. The molecule has 0 aromatic rings. The van der Waals surface area contributed by atoms with Crippen molar-refractivity contribution in [1.82, 2.24) is 0 Å². The fourth-order valence-electron chi connectivity index (χ4n) is 3.31. The number of hydrogen-bond donors (Lipinski definition) is 0. The van der Waals surface area contributed by atoms with Gasteiger partial charge >= 0.3 is 11.9 Å². The van der Waals surface area contributed by atoms with Gasteiger partial charge in [0.25, 0.3) is 0 Å². The summed E-state index contributed by atoms with van der Waals surface area (Å²) in [5.41, 5.74) is -1.61. The highest BCUT2D eigenvalue weighted by Gasteiger charge is 2.56. The molecule has 1 saturated carbocycles. The molecule has 1 aliphatic rings. The van der Waals surface area contributed by atoms with Crippen LogP contribution in [0.4, 0.5) is 0 Å². The van der Waals surface area contributed by atoms with Gasteiger partial charge in [0.2, 0.25) is 0 Å². The molecule has 0 heterocycles. The van der Waals surface area contributed by atoms with Gasteiger partial charge in [0, 0.05) is 0 Å². The number of allylic oxidation sites excluding steroid dienone is 1. The van der Waals surface area contributed by atoms with Crippen LogP contribution in [0.2, 0.25) is 0 Å². The van der Waals surface area contributed by atoms with E-state index >= 15 is 0 Å². The van der Waals surface area contributed by atoms with Crippen LogP contribution in [0.15, 0.2) is 12.7 Å². The standard InChI is InChI=1S/C16H23NO4/c1-4-10-16(14(18)20-2,15(19)21-3)13(11-17)12-8-6-5-7-9-12/h4,12-13H,1,5-10H2,2-3H3. The quantitative estimate of drug-likeness (QED) is 0.427. The molecule has 1 atom stereocenters. The summed E-state index contributed by atoms with van der Waals surface area (Å²) in [5, 5.41) is 9.63. The van der Waals surface area contributed by atoms with Crippen molar-refractivity contribution < 1.29 is 19.1 Å². The van der Waals surface area contributed by atoms with Crippen LogP contribution >= 0.6 is 0 Å². The van der Waals surface area contributed by atoms with E-state index < -0.39 is 23.3 Å². The van der Waals surface area contributed by atoms with Crippen molar-refractivity contribution in [3.63, 3.8) is 0 Å². The predicted octanol–water partition coefficient (Wildman–Crippen LogP) is 2.61. The van der Waals surface area contributed by atoms with E-state index in [9.17, 15) is 14.9 Å². The molecule has 116 valence electrons. The van der Waals surface area contributed by atoms with Gasteiger partial charge in [-0.25, -0.2) is 0 Å². The van der Waals surface area contributed by atoms with Crippen molar-refractivity contribution in [1.29, 1.82) is 5.26 Å². The normalized spacial score (nSPS) is 17.4. The molecule has 1 unspecified atom stereocenters. The number of nitrogens with zero attached hydrogens (tertiary/aromatic N) is 1. The maximum absolute atomic E-state index is 12.3. The minimum atomic E-state index is -1.61. The van der Waals surface area contributed by atoms with E-state index in [-0.39, 0.29) is 12.3 Å². The summed E-state index contributed by atoms with van der Waals surface area (Å²) in [6.07, 6.45) is 6.34. The summed E-state index contributed by atoms with van der Waals surface area (Å²) in [6, 6.07) is 2.18. The maximum Gasteiger partial charge on any atom is 0.324 e. The van der Waals surface area contributed by atoms with Crippen molar-refractivity contribution in [2.24, 2.45) is 17.3 Å². The Bertz CT molecular complexity index is 416. The predicted molar refractivity (Wildman–Crippen MR) is 77.0 cm³/mol. The second-order valence-electron chi connectivity index (χ2n) is 5.45. The summed E-state index contributed by atoms with van der Waals surface area (Å²) in [7, 11) is 2.44. The van der Waals surface area contributed by atoms with Gasteiger partial charge in [-0.3, -0.25) is 9.59 Å². The lowest BCUT2D eigenvalue weighted by Gasteiger charge is -2.37. The van der Waals surface area contributed by atoms with Crippen molar-refractivity contribution in [2.75, 3.05) is 14.2 Å². The second kappa shape index (κ2) is 7.82. The molecule has 5 nitrogen and oxygen atoms in total. The van der Waals surface area contributed by atoms with E-state index in [1.807, 2.05) is 0 Å². The zero-order valence-corrected chi connectivity index (χ0v) is 12.8. The van der Waals surface area contributed by atoms with E-state index in [4.69, 9.17) is 9.47 Å². The highest BCUT2D eigenvalue weighted by molar-refractivity contribution is 6.01. The topological polar surface area (TPSA) is 76.4 Å².